The van der Waals surface area contributed by atoms with Crippen LogP contribution in [0.4, 0.5) is 0 Å². The largest absolute Gasteiger partial charge is 0.408 e. The zero-order valence-corrected chi connectivity index (χ0v) is 18.4. The topological polar surface area (TPSA) is 24.8 Å². The normalized spacial score (nSPS) is 46.7. The highest BCUT2D eigenvalue weighted by molar-refractivity contribution is 7.05. The predicted molar refractivity (Wildman–Crippen MR) is 102 cm³/mol. The maximum atomic E-state index is 7.00. The quantitative estimate of drug-likeness (QED) is 0.713. The lowest BCUT2D eigenvalue weighted by Crippen LogP contribution is -2.87. The van der Waals surface area contributed by atoms with E-state index in [1.165, 1.54) is 6.42 Å². The van der Waals surface area contributed by atoms with Crippen molar-refractivity contribution in [1.29, 1.82) is 0 Å². The van der Waals surface area contributed by atoms with E-state index < -0.39 is 16.4 Å². The van der Waals surface area contributed by atoms with E-state index in [4.69, 9.17) is 9.53 Å². The van der Waals surface area contributed by atoms with Crippen LogP contribution in [0, 0.1) is 22.7 Å². The van der Waals surface area contributed by atoms with Gasteiger partial charge >= 0.3 is 0 Å². The standard InChI is InChI=1S/C18H34N2OSi2/c1-16(2)12-10-13(16)18(21-23(7,8)9)11-20-14(18)17(12,3)15(19-20)22(4,5)6/h12-14H,10-11H2,1-9H3/t12?,13?,14-,17-,18-/m1/s1. The molecule has 5 rings (SSSR count). The molecule has 2 aliphatic heterocycles. The number of hydrogen-bond acceptors (Lipinski definition) is 3. The molecule has 23 heavy (non-hydrogen) atoms. The first-order valence-corrected chi connectivity index (χ1v) is 16.2. The molecule has 3 saturated carbocycles. The Morgan fingerprint density at radius 1 is 1.04 bits per heavy atom. The zero-order valence-electron chi connectivity index (χ0n) is 16.4. The molecule has 2 heterocycles. The Bertz CT molecular complexity index is 603. The summed E-state index contributed by atoms with van der Waals surface area (Å²) in [6.45, 7) is 23.1. The molecule has 5 atom stereocenters. The van der Waals surface area contributed by atoms with Gasteiger partial charge in [0, 0.05) is 10.7 Å². The summed E-state index contributed by atoms with van der Waals surface area (Å²) in [6, 6.07) is 0.514. The number of nitrogens with zero attached hydrogens (tertiary/aromatic N) is 2. The van der Waals surface area contributed by atoms with Gasteiger partial charge in [-0.25, -0.2) is 0 Å². The lowest BCUT2D eigenvalue weighted by Gasteiger charge is -2.78. The predicted octanol–water partition coefficient (Wildman–Crippen LogP) is 4.19. The molecule has 0 amide bonds. The molecule has 130 valence electrons. The van der Waals surface area contributed by atoms with Crippen LogP contribution in [-0.4, -0.2) is 44.9 Å². The van der Waals surface area contributed by atoms with Gasteiger partial charge in [-0.1, -0.05) is 40.4 Å². The summed E-state index contributed by atoms with van der Waals surface area (Å²) in [5.74, 6) is 1.50. The monoisotopic (exact) mass is 350 g/mol. The lowest BCUT2D eigenvalue weighted by molar-refractivity contribution is -0.315. The van der Waals surface area contributed by atoms with Crippen LogP contribution >= 0.6 is 0 Å². The maximum absolute atomic E-state index is 7.00. The fourth-order valence-electron chi connectivity index (χ4n) is 6.96. The molecule has 2 unspecified atom stereocenters. The molecule has 0 radical (unpaired) electrons. The Kier molecular flexibility index (Phi) is 2.83. The molecule has 3 aliphatic carbocycles. The van der Waals surface area contributed by atoms with Gasteiger partial charge in [-0.05, 0) is 43.3 Å². The molecule has 2 bridgehead atoms. The van der Waals surface area contributed by atoms with Crippen LogP contribution in [0.5, 0.6) is 0 Å². The van der Waals surface area contributed by atoms with Gasteiger partial charge in [0.25, 0.3) is 0 Å². The molecule has 0 aromatic heterocycles. The van der Waals surface area contributed by atoms with Gasteiger partial charge in [0.05, 0.1) is 20.7 Å². The third-order valence-corrected chi connectivity index (χ3v) is 10.3. The lowest BCUT2D eigenvalue weighted by atomic mass is 9.34. The fourth-order valence-corrected chi connectivity index (χ4v) is 10.8. The molecule has 0 aromatic carbocycles. The molecule has 1 saturated heterocycles. The second-order valence-corrected chi connectivity index (χ2v) is 20.7. The SMILES string of the molecule is CC1(C)C2CC1[C@@]1(C)C([Si](C)(C)C)=NN3C[C@]2(O[Si](C)(C)C)[C@H]31. The first kappa shape index (κ1) is 16.3. The summed E-state index contributed by atoms with van der Waals surface area (Å²) < 4.78 is 7.00. The van der Waals surface area contributed by atoms with Crippen molar-refractivity contribution in [1.82, 2.24) is 5.01 Å². The highest BCUT2D eigenvalue weighted by Crippen LogP contribution is 2.76. The summed E-state index contributed by atoms with van der Waals surface area (Å²) >= 11 is 0. The van der Waals surface area contributed by atoms with Crippen molar-refractivity contribution >= 4 is 21.7 Å². The minimum atomic E-state index is -1.59. The molecule has 0 N–H and O–H groups in total. The van der Waals surface area contributed by atoms with Gasteiger partial charge in [-0.15, -0.1) is 0 Å². The van der Waals surface area contributed by atoms with E-state index in [0.29, 0.717) is 11.5 Å². The third kappa shape index (κ3) is 1.72. The summed E-state index contributed by atoms with van der Waals surface area (Å²) in [7, 11) is -3.01. The van der Waals surface area contributed by atoms with Crippen LogP contribution in [0.15, 0.2) is 5.10 Å². The van der Waals surface area contributed by atoms with Crippen molar-refractivity contribution in [2.45, 2.75) is 78.1 Å². The van der Waals surface area contributed by atoms with Gasteiger partial charge in [-0.2, -0.15) is 5.10 Å². The van der Waals surface area contributed by atoms with Crippen LogP contribution in [0.3, 0.4) is 0 Å². The van der Waals surface area contributed by atoms with Crippen molar-refractivity contribution < 1.29 is 4.43 Å². The Labute approximate surface area is 144 Å². The zero-order chi connectivity index (χ0) is 17.2. The van der Waals surface area contributed by atoms with Gasteiger partial charge in [0.15, 0.2) is 8.32 Å². The highest BCUT2D eigenvalue weighted by Gasteiger charge is 2.82. The van der Waals surface area contributed by atoms with Gasteiger partial charge in [0.1, 0.15) is 5.60 Å². The van der Waals surface area contributed by atoms with E-state index in [-0.39, 0.29) is 11.0 Å². The van der Waals surface area contributed by atoms with E-state index in [1.54, 1.807) is 5.33 Å². The average Bonchev–Trinajstić information content (AvgIpc) is 2.56. The molecule has 0 aromatic rings. The van der Waals surface area contributed by atoms with Crippen LogP contribution < -0.4 is 0 Å². The van der Waals surface area contributed by atoms with Crippen LogP contribution in [-0.2, 0) is 4.43 Å². The first-order chi connectivity index (χ1) is 10.2. The molecule has 5 heteroatoms. The van der Waals surface area contributed by atoms with Crippen LogP contribution in [0.1, 0.15) is 27.2 Å². The summed E-state index contributed by atoms with van der Waals surface area (Å²) in [4.78, 5) is 0. The Hall–Kier alpha value is -0.136. The summed E-state index contributed by atoms with van der Waals surface area (Å²) in [5, 5.41) is 9.19. The van der Waals surface area contributed by atoms with Gasteiger partial charge in [0.2, 0.25) is 0 Å². The number of rotatable bonds is 3. The van der Waals surface area contributed by atoms with Crippen molar-refractivity contribution in [3.05, 3.63) is 0 Å². The Morgan fingerprint density at radius 2 is 1.65 bits per heavy atom. The smallest absolute Gasteiger partial charge is 0.184 e. The van der Waals surface area contributed by atoms with Crippen molar-refractivity contribution in [3.8, 4) is 0 Å². The highest BCUT2D eigenvalue weighted by atomic mass is 28.4. The molecule has 4 fully saturated rings. The molecular weight excluding hydrogens is 316 g/mol. The summed E-state index contributed by atoms with van der Waals surface area (Å²) in [5.41, 5.74) is 0.699. The van der Waals surface area contributed by atoms with E-state index >= 15 is 0 Å². The maximum Gasteiger partial charge on any atom is 0.184 e. The van der Waals surface area contributed by atoms with Crippen molar-refractivity contribution in [3.63, 3.8) is 0 Å². The van der Waals surface area contributed by atoms with Gasteiger partial charge in [-0.3, -0.25) is 5.01 Å². The summed E-state index contributed by atoms with van der Waals surface area (Å²) in [6.07, 6.45) is 1.35. The minimum absolute atomic E-state index is 0.0718. The van der Waals surface area contributed by atoms with Crippen molar-refractivity contribution in [2.24, 2.45) is 27.8 Å². The second-order valence-electron chi connectivity index (χ2n) is 11.3. The molecule has 0 spiro atoms. The second kappa shape index (κ2) is 3.99. The van der Waals surface area contributed by atoms with E-state index in [9.17, 15) is 0 Å². The molecule has 3 nitrogen and oxygen atoms in total. The number of hydrogen-bond donors (Lipinski definition) is 0. The minimum Gasteiger partial charge on any atom is -0.408 e. The van der Waals surface area contributed by atoms with Crippen LogP contribution in [0.25, 0.3) is 0 Å². The first-order valence-electron chi connectivity index (χ1n) is 9.31. The average molecular weight is 351 g/mol. The van der Waals surface area contributed by atoms with Gasteiger partial charge < -0.3 is 4.43 Å². The molecule has 5 aliphatic rings. The Morgan fingerprint density at radius 3 is 2.13 bits per heavy atom. The van der Waals surface area contributed by atoms with E-state index in [0.717, 1.165) is 18.4 Å². The van der Waals surface area contributed by atoms with Crippen LogP contribution in [0.2, 0.25) is 39.3 Å². The fraction of sp³-hybridized carbons (Fsp3) is 0.944. The number of hydrazone groups is 1. The van der Waals surface area contributed by atoms with Crippen molar-refractivity contribution in [2.75, 3.05) is 6.54 Å². The Balaban J connectivity index is 1.84. The molecular formula is C18H34N2OSi2. The van der Waals surface area contributed by atoms with E-state index in [2.05, 4.69) is 65.1 Å². The van der Waals surface area contributed by atoms with E-state index in [1.807, 2.05) is 0 Å². The third-order valence-electron chi connectivity index (χ3n) is 7.26.